The molecule has 7 nitrogen and oxygen atoms in total. The molecule has 0 amide bonds. The number of esters is 1. The van der Waals surface area contributed by atoms with Crippen molar-refractivity contribution in [3.63, 3.8) is 0 Å². The fourth-order valence-corrected chi connectivity index (χ4v) is 2.58. The van der Waals surface area contributed by atoms with Crippen LogP contribution < -0.4 is 10.1 Å². The Balaban J connectivity index is 1.66. The van der Waals surface area contributed by atoms with Crippen molar-refractivity contribution < 1.29 is 18.7 Å². The first-order valence-electron chi connectivity index (χ1n) is 8.60. The number of nitrogens with one attached hydrogen (secondary N) is 1. The van der Waals surface area contributed by atoms with E-state index >= 15 is 0 Å². The van der Waals surface area contributed by atoms with E-state index in [2.05, 4.69) is 15.5 Å². The molecule has 0 aliphatic heterocycles. The van der Waals surface area contributed by atoms with E-state index in [9.17, 15) is 4.79 Å². The van der Waals surface area contributed by atoms with Crippen molar-refractivity contribution >= 4 is 17.6 Å². The number of ether oxygens (including phenoxy) is 2. The zero-order valence-corrected chi connectivity index (χ0v) is 16.3. The van der Waals surface area contributed by atoms with E-state index in [4.69, 9.17) is 25.5 Å². The molecule has 0 spiro atoms. The second kappa shape index (κ2) is 8.86. The fourth-order valence-electron chi connectivity index (χ4n) is 2.46. The van der Waals surface area contributed by atoms with Gasteiger partial charge in [-0.3, -0.25) is 5.32 Å². The monoisotopic (exact) mass is 401 g/mol. The third-order valence-corrected chi connectivity index (χ3v) is 4.35. The maximum atomic E-state index is 12.3. The smallest absolute Gasteiger partial charge is 0.329 e. The SMILES string of the molecule is COC(=O)C(C)(COc1ccccc1)NCc1nnc(-c2ccc(Cl)cc2)o1. The zero-order valence-electron chi connectivity index (χ0n) is 15.5. The number of halogens is 1. The second-order valence-electron chi connectivity index (χ2n) is 6.29. The molecule has 1 N–H and O–H groups in total. The molecule has 8 heteroatoms. The Bertz CT molecular complexity index is 915. The minimum Gasteiger partial charge on any atom is -0.491 e. The Morgan fingerprint density at radius 2 is 1.86 bits per heavy atom. The summed E-state index contributed by atoms with van der Waals surface area (Å²) >= 11 is 5.89. The number of para-hydroxylation sites is 1. The lowest BCUT2D eigenvalue weighted by Gasteiger charge is -2.27. The molecule has 146 valence electrons. The summed E-state index contributed by atoms with van der Waals surface area (Å²) in [4.78, 5) is 12.3. The standard InChI is InChI=1S/C20H20ClN3O4/c1-20(19(25)26-2,13-27-16-6-4-3-5-7-16)22-12-17-23-24-18(28-17)14-8-10-15(21)11-9-14/h3-11,22H,12-13H2,1-2H3. The zero-order chi connectivity index (χ0) is 20.0. The third-order valence-electron chi connectivity index (χ3n) is 4.09. The van der Waals surface area contributed by atoms with Crippen LogP contribution in [-0.2, 0) is 16.1 Å². The molecule has 28 heavy (non-hydrogen) atoms. The minimum absolute atomic E-state index is 0.0713. The molecule has 0 aliphatic carbocycles. The lowest BCUT2D eigenvalue weighted by Crippen LogP contribution is -2.54. The summed E-state index contributed by atoms with van der Waals surface area (Å²) < 4.78 is 16.3. The van der Waals surface area contributed by atoms with E-state index in [1.165, 1.54) is 7.11 Å². The first-order chi connectivity index (χ1) is 13.5. The molecule has 2 aromatic carbocycles. The van der Waals surface area contributed by atoms with E-state index in [0.29, 0.717) is 22.6 Å². The molecule has 0 radical (unpaired) electrons. The highest BCUT2D eigenvalue weighted by Gasteiger charge is 2.35. The number of hydrogen-bond donors (Lipinski definition) is 1. The molecule has 0 fully saturated rings. The first-order valence-corrected chi connectivity index (χ1v) is 8.97. The largest absolute Gasteiger partial charge is 0.491 e. The maximum Gasteiger partial charge on any atom is 0.329 e. The van der Waals surface area contributed by atoms with Crippen molar-refractivity contribution in [2.45, 2.75) is 19.0 Å². The van der Waals surface area contributed by atoms with Gasteiger partial charge in [0, 0.05) is 10.6 Å². The van der Waals surface area contributed by atoms with Crippen molar-refractivity contribution in [1.82, 2.24) is 15.5 Å². The topological polar surface area (TPSA) is 86.5 Å². The Hall–Kier alpha value is -2.90. The van der Waals surface area contributed by atoms with Gasteiger partial charge >= 0.3 is 5.97 Å². The summed E-state index contributed by atoms with van der Waals surface area (Å²) in [6.07, 6.45) is 0. The number of nitrogens with zero attached hydrogens (tertiary/aromatic N) is 2. The Labute approximate surface area is 167 Å². The normalized spacial score (nSPS) is 13.0. The summed E-state index contributed by atoms with van der Waals surface area (Å²) in [5.74, 6) is 0.900. The lowest BCUT2D eigenvalue weighted by atomic mass is 10.0. The van der Waals surface area contributed by atoms with Crippen LogP contribution in [0.5, 0.6) is 5.75 Å². The molecule has 1 atom stereocenters. The van der Waals surface area contributed by atoms with Gasteiger partial charge in [0.15, 0.2) is 0 Å². The quantitative estimate of drug-likeness (QED) is 0.578. The molecule has 1 unspecified atom stereocenters. The van der Waals surface area contributed by atoms with Crippen LogP contribution in [0.15, 0.2) is 59.0 Å². The summed E-state index contributed by atoms with van der Waals surface area (Å²) in [5, 5.41) is 11.8. The van der Waals surface area contributed by atoms with Crippen molar-refractivity contribution in [3.05, 3.63) is 65.5 Å². The molecule has 1 heterocycles. The summed E-state index contributed by atoms with van der Waals surface area (Å²) in [5.41, 5.74) is -0.342. The number of rotatable bonds is 8. The predicted octanol–water partition coefficient (Wildman–Crippen LogP) is 3.49. The van der Waals surface area contributed by atoms with E-state index in [0.717, 1.165) is 5.56 Å². The van der Waals surface area contributed by atoms with Gasteiger partial charge in [0.25, 0.3) is 0 Å². The maximum absolute atomic E-state index is 12.3. The van der Waals surface area contributed by atoms with Crippen molar-refractivity contribution in [3.8, 4) is 17.2 Å². The Morgan fingerprint density at radius 1 is 1.14 bits per heavy atom. The summed E-state index contributed by atoms with van der Waals surface area (Å²) in [6.45, 7) is 1.93. The molecular formula is C20H20ClN3O4. The molecule has 3 aromatic rings. The van der Waals surface area contributed by atoms with Gasteiger partial charge in [0.1, 0.15) is 17.9 Å². The number of aromatic nitrogens is 2. The molecule has 1 aromatic heterocycles. The second-order valence-corrected chi connectivity index (χ2v) is 6.72. The van der Waals surface area contributed by atoms with Crippen LogP contribution in [0.25, 0.3) is 11.5 Å². The van der Waals surface area contributed by atoms with E-state index < -0.39 is 11.5 Å². The van der Waals surface area contributed by atoms with Gasteiger partial charge in [-0.25, -0.2) is 4.79 Å². The summed E-state index contributed by atoms with van der Waals surface area (Å²) in [6, 6.07) is 16.3. The Morgan fingerprint density at radius 3 is 2.54 bits per heavy atom. The van der Waals surface area contributed by atoms with Crippen LogP contribution in [-0.4, -0.2) is 35.4 Å². The highest BCUT2D eigenvalue weighted by atomic mass is 35.5. The first kappa shape index (κ1) is 19.9. The van der Waals surface area contributed by atoms with Crippen LogP contribution >= 0.6 is 11.6 Å². The van der Waals surface area contributed by atoms with E-state index in [1.54, 1.807) is 31.2 Å². The van der Waals surface area contributed by atoms with Gasteiger partial charge in [-0.2, -0.15) is 0 Å². The molecule has 0 aliphatic rings. The minimum atomic E-state index is -1.10. The van der Waals surface area contributed by atoms with Gasteiger partial charge in [0.2, 0.25) is 11.8 Å². The third kappa shape index (κ3) is 4.88. The van der Waals surface area contributed by atoms with Gasteiger partial charge in [-0.05, 0) is 43.3 Å². The van der Waals surface area contributed by atoms with E-state index in [-0.39, 0.29) is 13.2 Å². The number of benzene rings is 2. The number of hydrogen-bond acceptors (Lipinski definition) is 7. The van der Waals surface area contributed by atoms with Crippen LogP contribution in [0, 0.1) is 0 Å². The van der Waals surface area contributed by atoms with Crippen molar-refractivity contribution in [2.24, 2.45) is 0 Å². The van der Waals surface area contributed by atoms with Gasteiger partial charge < -0.3 is 13.9 Å². The van der Waals surface area contributed by atoms with Crippen molar-refractivity contribution in [2.75, 3.05) is 13.7 Å². The molecule has 0 saturated carbocycles. The summed E-state index contributed by atoms with van der Waals surface area (Å²) in [7, 11) is 1.33. The fraction of sp³-hybridized carbons (Fsp3) is 0.250. The molecule has 0 bridgehead atoms. The van der Waals surface area contributed by atoms with Crippen LogP contribution in [0.4, 0.5) is 0 Å². The van der Waals surface area contributed by atoms with Gasteiger partial charge in [-0.15, -0.1) is 10.2 Å². The number of carbonyl (C=O) groups excluding carboxylic acids is 1. The predicted molar refractivity (Wildman–Crippen MR) is 104 cm³/mol. The molecule has 3 rings (SSSR count). The van der Waals surface area contributed by atoms with Gasteiger partial charge in [0.05, 0.1) is 13.7 Å². The van der Waals surface area contributed by atoms with Gasteiger partial charge in [-0.1, -0.05) is 29.8 Å². The lowest BCUT2D eigenvalue weighted by molar-refractivity contribution is -0.149. The van der Waals surface area contributed by atoms with Crippen LogP contribution in [0.3, 0.4) is 0 Å². The van der Waals surface area contributed by atoms with Crippen molar-refractivity contribution in [1.29, 1.82) is 0 Å². The Kier molecular flexibility index (Phi) is 6.28. The van der Waals surface area contributed by atoms with Crippen LogP contribution in [0.2, 0.25) is 5.02 Å². The average molecular weight is 402 g/mol. The average Bonchev–Trinajstić information content (AvgIpc) is 3.20. The molecule has 0 saturated heterocycles. The highest BCUT2D eigenvalue weighted by molar-refractivity contribution is 6.30. The highest BCUT2D eigenvalue weighted by Crippen LogP contribution is 2.20. The number of carbonyl (C=O) groups is 1. The number of methoxy groups -OCH3 is 1. The molecular weight excluding hydrogens is 382 g/mol. The van der Waals surface area contributed by atoms with E-state index in [1.807, 2.05) is 30.3 Å². The van der Waals surface area contributed by atoms with Crippen LogP contribution in [0.1, 0.15) is 12.8 Å².